The van der Waals surface area contributed by atoms with E-state index in [1.165, 1.54) is 0 Å². The van der Waals surface area contributed by atoms with Crippen LogP contribution in [0.2, 0.25) is 0 Å². The van der Waals surface area contributed by atoms with E-state index in [9.17, 15) is 14.4 Å². The van der Waals surface area contributed by atoms with Gasteiger partial charge >= 0.3 is 5.97 Å². The van der Waals surface area contributed by atoms with Gasteiger partial charge in [-0.1, -0.05) is 30.3 Å². The number of amides is 2. The van der Waals surface area contributed by atoms with Crippen molar-refractivity contribution in [2.24, 2.45) is 5.73 Å². The Labute approximate surface area is 155 Å². The van der Waals surface area contributed by atoms with Crippen LogP contribution in [-0.4, -0.2) is 36.7 Å². The topological polar surface area (TPSA) is 89.7 Å². The minimum Gasteiger partial charge on any atom is -0.452 e. The number of esters is 1. The Morgan fingerprint density at radius 3 is 2.62 bits per heavy atom. The minimum absolute atomic E-state index is 0.0633. The summed E-state index contributed by atoms with van der Waals surface area (Å²) >= 11 is 1.16. The highest BCUT2D eigenvalue weighted by molar-refractivity contribution is 8.00. The Bertz CT molecular complexity index is 853. The van der Waals surface area contributed by atoms with Crippen molar-refractivity contribution in [2.75, 3.05) is 23.8 Å². The van der Waals surface area contributed by atoms with E-state index in [0.717, 1.165) is 29.4 Å². The molecule has 0 saturated carbocycles. The fraction of sp³-hybridized carbons (Fsp3) is 0.211. The molecule has 0 aliphatic carbocycles. The van der Waals surface area contributed by atoms with E-state index >= 15 is 0 Å². The molecule has 26 heavy (non-hydrogen) atoms. The van der Waals surface area contributed by atoms with Crippen LogP contribution >= 0.6 is 11.8 Å². The minimum atomic E-state index is -0.599. The van der Waals surface area contributed by atoms with E-state index in [2.05, 4.69) is 0 Å². The number of rotatable bonds is 6. The second kappa shape index (κ2) is 8.05. The normalized spacial score (nSPS) is 12.5. The van der Waals surface area contributed by atoms with Crippen molar-refractivity contribution in [1.82, 2.24) is 0 Å². The highest BCUT2D eigenvalue weighted by Gasteiger charge is 2.25. The lowest BCUT2D eigenvalue weighted by Crippen LogP contribution is -2.33. The lowest BCUT2D eigenvalue weighted by Gasteiger charge is -2.17. The molecule has 2 aromatic carbocycles. The number of hydrogen-bond donors (Lipinski definition) is 1. The second-order valence-electron chi connectivity index (χ2n) is 5.75. The van der Waals surface area contributed by atoms with E-state index in [4.69, 9.17) is 10.5 Å². The monoisotopic (exact) mass is 370 g/mol. The third kappa shape index (κ3) is 4.05. The molecule has 1 heterocycles. The van der Waals surface area contributed by atoms with Gasteiger partial charge in [-0.25, -0.2) is 4.79 Å². The van der Waals surface area contributed by atoms with Gasteiger partial charge < -0.3 is 15.4 Å². The highest BCUT2D eigenvalue weighted by Crippen LogP contribution is 2.27. The Hall–Kier alpha value is -2.80. The molecule has 1 aliphatic heterocycles. The van der Waals surface area contributed by atoms with Crippen LogP contribution in [-0.2, 0) is 20.7 Å². The number of benzene rings is 2. The predicted molar refractivity (Wildman–Crippen MR) is 99.1 cm³/mol. The van der Waals surface area contributed by atoms with E-state index in [1.807, 2.05) is 24.3 Å². The third-order valence-electron chi connectivity index (χ3n) is 3.99. The van der Waals surface area contributed by atoms with Gasteiger partial charge in [0.15, 0.2) is 6.61 Å². The maximum absolute atomic E-state index is 12.4. The largest absolute Gasteiger partial charge is 0.452 e. The molecule has 6 nitrogen and oxygen atoms in total. The first-order valence-electron chi connectivity index (χ1n) is 8.12. The third-order valence-corrected chi connectivity index (χ3v) is 5.09. The van der Waals surface area contributed by atoms with Gasteiger partial charge in [-0.3, -0.25) is 9.59 Å². The van der Waals surface area contributed by atoms with Gasteiger partial charge in [0.2, 0.25) is 5.91 Å². The maximum atomic E-state index is 12.4. The number of nitrogens with zero attached hydrogens (tertiary/aromatic N) is 1. The van der Waals surface area contributed by atoms with Gasteiger partial charge in [-0.15, -0.1) is 11.8 Å². The second-order valence-corrected chi connectivity index (χ2v) is 6.77. The molecule has 134 valence electrons. The Morgan fingerprint density at radius 2 is 1.81 bits per heavy atom. The Morgan fingerprint density at radius 1 is 1.08 bits per heavy atom. The van der Waals surface area contributed by atoms with Gasteiger partial charge in [0.05, 0.1) is 11.3 Å². The maximum Gasteiger partial charge on any atom is 0.339 e. The number of thioether (sulfide) groups is 1. The molecule has 1 aliphatic rings. The fourth-order valence-corrected chi connectivity index (χ4v) is 3.57. The van der Waals surface area contributed by atoms with Gasteiger partial charge in [0.1, 0.15) is 0 Å². The van der Waals surface area contributed by atoms with Crippen LogP contribution in [0.25, 0.3) is 0 Å². The van der Waals surface area contributed by atoms with E-state index < -0.39 is 11.9 Å². The molecule has 0 spiro atoms. The molecule has 0 saturated heterocycles. The van der Waals surface area contributed by atoms with Crippen LogP contribution < -0.4 is 10.6 Å². The summed E-state index contributed by atoms with van der Waals surface area (Å²) in [5.74, 6) is -1.27. The molecule has 2 aromatic rings. The lowest BCUT2D eigenvalue weighted by atomic mass is 10.2. The molecule has 0 aromatic heterocycles. The van der Waals surface area contributed by atoms with Gasteiger partial charge in [0, 0.05) is 17.1 Å². The van der Waals surface area contributed by atoms with Crippen LogP contribution in [0.5, 0.6) is 0 Å². The van der Waals surface area contributed by atoms with E-state index in [1.54, 1.807) is 29.2 Å². The number of nitrogens with two attached hydrogens (primary N) is 1. The molecular weight excluding hydrogens is 352 g/mol. The number of anilines is 1. The summed E-state index contributed by atoms with van der Waals surface area (Å²) in [6, 6.07) is 14.5. The molecule has 0 fully saturated rings. The van der Waals surface area contributed by atoms with Crippen LogP contribution in [0.4, 0.5) is 5.69 Å². The summed E-state index contributed by atoms with van der Waals surface area (Å²) in [6.07, 6.45) is 0.794. The molecule has 2 N–H and O–H groups in total. The Kier molecular flexibility index (Phi) is 5.58. The molecule has 0 unspecified atom stereocenters. The molecule has 0 bridgehead atoms. The van der Waals surface area contributed by atoms with Gasteiger partial charge in [-0.05, 0) is 30.2 Å². The van der Waals surface area contributed by atoms with Crippen molar-refractivity contribution in [3.05, 3.63) is 59.7 Å². The number of carbonyl (C=O) groups is 3. The molecule has 3 rings (SSSR count). The number of carbonyl (C=O) groups excluding carboxylic acids is 3. The zero-order valence-electron chi connectivity index (χ0n) is 14.0. The van der Waals surface area contributed by atoms with Crippen molar-refractivity contribution in [3.63, 3.8) is 0 Å². The SMILES string of the molecule is NC(=O)CSc1ccccc1C(=O)OCC(=O)N1CCc2ccccc21. The molecule has 0 atom stereocenters. The average molecular weight is 370 g/mol. The number of primary amides is 1. The van der Waals surface area contributed by atoms with Crippen molar-refractivity contribution in [1.29, 1.82) is 0 Å². The summed E-state index contributed by atoms with van der Waals surface area (Å²) in [7, 11) is 0. The van der Waals surface area contributed by atoms with E-state index in [-0.39, 0.29) is 18.3 Å². The van der Waals surface area contributed by atoms with Crippen LogP contribution in [0.15, 0.2) is 53.4 Å². The number of ether oxygens (including phenoxy) is 1. The van der Waals surface area contributed by atoms with Gasteiger partial charge in [0.25, 0.3) is 5.91 Å². The summed E-state index contributed by atoms with van der Waals surface area (Å²) < 4.78 is 5.21. The summed E-state index contributed by atoms with van der Waals surface area (Å²) in [5.41, 5.74) is 7.44. The lowest BCUT2D eigenvalue weighted by molar-refractivity contribution is -0.121. The van der Waals surface area contributed by atoms with Gasteiger partial charge in [-0.2, -0.15) is 0 Å². The summed E-state index contributed by atoms with van der Waals surface area (Å²) in [4.78, 5) is 38.0. The first-order valence-corrected chi connectivity index (χ1v) is 9.10. The summed E-state index contributed by atoms with van der Waals surface area (Å²) in [5, 5.41) is 0. The van der Waals surface area contributed by atoms with E-state index in [0.29, 0.717) is 17.0 Å². The first kappa shape index (κ1) is 18.0. The smallest absolute Gasteiger partial charge is 0.339 e. The molecular formula is C19H18N2O4S. The highest BCUT2D eigenvalue weighted by atomic mass is 32.2. The quantitative estimate of drug-likeness (QED) is 0.621. The van der Waals surface area contributed by atoms with Crippen molar-refractivity contribution >= 4 is 35.2 Å². The molecule has 2 amide bonds. The summed E-state index contributed by atoms with van der Waals surface area (Å²) in [6.45, 7) is 0.253. The zero-order chi connectivity index (χ0) is 18.5. The fourth-order valence-electron chi connectivity index (χ4n) is 2.79. The van der Waals surface area contributed by atoms with Crippen molar-refractivity contribution < 1.29 is 19.1 Å². The van der Waals surface area contributed by atoms with Crippen LogP contribution in [0.3, 0.4) is 0 Å². The Balaban J connectivity index is 1.63. The van der Waals surface area contributed by atoms with Crippen molar-refractivity contribution in [2.45, 2.75) is 11.3 Å². The number of para-hydroxylation sites is 1. The predicted octanol–water partition coefficient (Wildman–Crippen LogP) is 2.01. The first-order chi connectivity index (χ1) is 12.6. The molecule has 0 radical (unpaired) electrons. The standard InChI is InChI=1S/C19H18N2O4S/c20-17(22)12-26-16-8-4-2-6-14(16)19(24)25-11-18(23)21-10-9-13-5-1-3-7-15(13)21/h1-8H,9-12H2,(H2,20,22). The number of hydrogen-bond acceptors (Lipinski definition) is 5. The number of fused-ring (bicyclic) bond motifs is 1. The zero-order valence-corrected chi connectivity index (χ0v) is 14.8. The van der Waals surface area contributed by atoms with Crippen LogP contribution in [0.1, 0.15) is 15.9 Å². The van der Waals surface area contributed by atoms with Crippen molar-refractivity contribution in [3.8, 4) is 0 Å². The molecule has 7 heteroatoms. The van der Waals surface area contributed by atoms with Crippen LogP contribution in [0, 0.1) is 0 Å². The average Bonchev–Trinajstić information content (AvgIpc) is 3.08.